The molecule has 0 saturated heterocycles. The fourth-order valence-corrected chi connectivity index (χ4v) is 6.62. The lowest BCUT2D eigenvalue weighted by molar-refractivity contribution is -0.122. The summed E-state index contributed by atoms with van der Waals surface area (Å²) in [6, 6.07) is 0. The Kier molecular flexibility index (Phi) is 3.17. The second kappa shape index (κ2) is 4.34. The monoisotopic (exact) mass is 357 g/mol. The molecule has 4 rings (SSSR count). The molecule has 0 heterocycles. The highest BCUT2D eigenvalue weighted by Crippen LogP contribution is 2.68. The van der Waals surface area contributed by atoms with Gasteiger partial charge in [0.25, 0.3) is 0 Å². The number of rotatable bonds is 5. The van der Waals surface area contributed by atoms with E-state index in [1.807, 2.05) is 0 Å². The molecular weight excluding hydrogens is 333 g/mol. The zero-order valence-corrected chi connectivity index (χ0v) is 13.3. The van der Waals surface area contributed by atoms with Gasteiger partial charge in [0.2, 0.25) is 0 Å². The molecule has 100 valence electrons. The van der Waals surface area contributed by atoms with Crippen molar-refractivity contribution in [2.75, 3.05) is 0 Å². The van der Waals surface area contributed by atoms with E-state index in [1.165, 1.54) is 51.4 Å². The molecule has 0 aromatic carbocycles. The highest BCUT2D eigenvalue weighted by atomic mass is 127. The van der Waals surface area contributed by atoms with Crippen molar-refractivity contribution in [3.63, 3.8) is 0 Å². The first-order chi connectivity index (χ1) is 8.59. The molecule has 2 atom stereocenters. The van der Waals surface area contributed by atoms with Crippen LogP contribution in [0.15, 0.2) is 25.3 Å². The minimum atomic E-state index is 0.409. The van der Waals surface area contributed by atoms with Crippen molar-refractivity contribution in [3.05, 3.63) is 25.3 Å². The van der Waals surface area contributed by atoms with E-state index >= 15 is 0 Å². The largest absolute Gasteiger partial charge is 0.255 e. The first-order valence-electron chi connectivity index (χ1n) is 7.19. The van der Waals surface area contributed by atoms with Gasteiger partial charge >= 0.3 is 0 Å². The Hall–Kier alpha value is 0.170. The molecule has 0 aromatic heterocycles. The number of nitrogens with one attached hydrogen (secondary N) is 1. The molecule has 18 heavy (non-hydrogen) atoms. The maximum Gasteiger partial charge on any atom is 0.0288 e. The van der Waals surface area contributed by atoms with Gasteiger partial charge in [0.1, 0.15) is 0 Å². The summed E-state index contributed by atoms with van der Waals surface area (Å²) in [6.45, 7) is 8.02. The number of hydrogen-bond acceptors (Lipinski definition) is 1. The normalized spacial score (nSPS) is 49.3. The summed E-state index contributed by atoms with van der Waals surface area (Å²) < 4.78 is 3.68. The van der Waals surface area contributed by atoms with Crippen molar-refractivity contribution in [2.24, 2.45) is 16.7 Å². The summed E-state index contributed by atoms with van der Waals surface area (Å²) in [5, 5.41) is 0. The summed E-state index contributed by atoms with van der Waals surface area (Å²) in [7, 11) is 0. The summed E-state index contributed by atoms with van der Waals surface area (Å²) in [5.41, 5.74) is 1.50. The maximum absolute atomic E-state index is 4.01. The van der Waals surface area contributed by atoms with Gasteiger partial charge in [-0.25, -0.2) is 0 Å². The molecule has 4 aliphatic rings. The molecular formula is C16H24IN. The average molecular weight is 357 g/mol. The van der Waals surface area contributed by atoms with Crippen molar-refractivity contribution in [1.82, 2.24) is 3.53 Å². The first-order valence-corrected chi connectivity index (χ1v) is 8.26. The summed E-state index contributed by atoms with van der Waals surface area (Å²) in [6.07, 6.45) is 15.2. The van der Waals surface area contributed by atoms with Crippen LogP contribution in [0.2, 0.25) is 0 Å². The Morgan fingerprint density at radius 3 is 2.00 bits per heavy atom. The number of halogens is 1. The second-order valence-electron chi connectivity index (χ2n) is 7.37. The fraction of sp³-hybridized carbons (Fsp3) is 0.750. The van der Waals surface area contributed by atoms with Crippen LogP contribution < -0.4 is 3.53 Å². The molecule has 2 unspecified atom stereocenters. The van der Waals surface area contributed by atoms with Gasteiger partial charge in [-0.2, -0.15) is 0 Å². The van der Waals surface area contributed by atoms with Crippen LogP contribution in [0.25, 0.3) is 0 Å². The van der Waals surface area contributed by atoms with Crippen LogP contribution in [0.1, 0.15) is 51.4 Å². The van der Waals surface area contributed by atoms with E-state index in [0.717, 1.165) is 5.92 Å². The third-order valence-electron chi connectivity index (χ3n) is 5.65. The van der Waals surface area contributed by atoms with E-state index in [1.54, 1.807) is 0 Å². The topological polar surface area (TPSA) is 12.0 Å². The fourth-order valence-electron chi connectivity index (χ4n) is 6.02. The van der Waals surface area contributed by atoms with Gasteiger partial charge < -0.3 is 0 Å². The Balaban J connectivity index is 1.97. The van der Waals surface area contributed by atoms with Gasteiger partial charge in [-0.1, -0.05) is 12.2 Å². The van der Waals surface area contributed by atoms with Crippen LogP contribution in [-0.4, -0.2) is 5.54 Å². The standard InChI is InChI=1S/C16H24IN/c1-3-5-14-7-13-8-15(10-14,6-4-2)12-16(9-13,11-14)18-17/h3-4,13,18H,1-2,5-12H2. The minimum absolute atomic E-state index is 0.409. The van der Waals surface area contributed by atoms with E-state index in [-0.39, 0.29) is 0 Å². The Labute approximate surface area is 125 Å². The lowest BCUT2D eigenvalue weighted by atomic mass is 9.41. The van der Waals surface area contributed by atoms with Crippen LogP contribution in [0.5, 0.6) is 0 Å². The van der Waals surface area contributed by atoms with Crippen LogP contribution in [0.4, 0.5) is 0 Å². The van der Waals surface area contributed by atoms with Gasteiger partial charge in [0.15, 0.2) is 0 Å². The van der Waals surface area contributed by atoms with E-state index < -0.39 is 0 Å². The van der Waals surface area contributed by atoms with Crippen LogP contribution in [-0.2, 0) is 0 Å². The van der Waals surface area contributed by atoms with E-state index in [4.69, 9.17) is 0 Å². The molecule has 0 spiro atoms. The Bertz CT molecular complexity index is 349. The molecule has 1 N–H and O–H groups in total. The second-order valence-corrected chi connectivity index (χ2v) is 7.91. The molecule has 4 bridgehead atoms. The lowest BCUT2D eigenvalue weighted by Crippen LogP contribution is -2.63. The van der Waals surface area contributed by atoms with Gasteiger partial charge in [-0.05, 0) is 68.1 Å². The highest BCUT2D eigenvalue weighted by molar-refractivity contribution is 14.1. The van der Waals surface area contributed by atoms with Crippen LogP contribution in [0.3, 0.4) is 0 Å². The van der Waals surface area contributed by atoms with Crippen molar-refractivity contribution >= 4 is 22.9 Å². The Morgan fingerprint density at radius 2 is 1.56 bits per heavy atom. The molecule has 4 saturated carbocycles. The van der Waals surface area contributed by atoms with Gasteiger partial charge in [0, 0.05) is 28.4 Å². The smallest absolute Gasteiger partial charge is 0.0288 e. The van der Waals surface area contributed by atoms with Crippen molar-refractivity contribution in [3.8, 4) is 0 Å². The van der Waals surface area contributed by atoms with E-state index in [0.29, 0.717) is 16.4 Å². The molecule has 0 amide bonds. The SMILES string of the molecule is C=CCC12CC3CC(CC=C)(C1)CC(NI)(C3)C2. The number of hydrogen-bond donors (Lipinski definition) is 1. The zero-order chi connectivity index (χ0) is 12.9. The Morgan fingerprint density at radius 1 is 1.00 bits per heavy atom. The molecule has 0 radical (unpaired) electrons. The summed E-state index contributed by atoms with van der Waals surface area (Å²) >= 11 is 2.40. The summed E-state index contributed by atoms with van der Waals surface area (Å²) in [5.74, 6) is 0.934. The number of allylic oxidation sites excluding steroid dienone is 2. The minimum Gasteiger partial charge on any atom is -0.255 e. The molecule has 4 aliphatic carbocycles. The molecule has 4 fully saturated rings. The predicted molar refractivity (Wildman–Crippen MR) is 85.6 cm³/mol. The van der Waals surface area contributed by atoms with Gasteiger partial charge in [-0.15, -0.1) is 13.2 Å². The van der Waals surface area contributed by atoms with Crippen LogP contribution in [0, 0.1) is 16.7 Å². The highest BCUT2D eigenvalue weighted by Gasteiger charge is 2.62. The van der Waals surface area contributed by atoms with Crippen molar-refractivity contribution in [2.45, 2.75) is 56.9 Å². The zero-order valence-electron chi connectivity index (χ0n) is 11.2. The average Bonchev–Trinajstić information content (AvgIpc) is 2.27. The lowest BCUT2D eigenvalue weighted by Gasteiger charge is -2.66. The molecule has 1 nitrogen and oxygen atoms in total. The third kappa shape index (κ3) is 1.91. The molecule has 0 aromatic rings. The van der Waals surface area contributed by atoms with Crippen molar-refractivity contribution < 1.29 is 0 Å². The molecule has 0 aliphatic heterocycles. The maximum atomic E-state index is 4.01. The third-order valence-corrected chi connectivity index (χ3v) is 6.80. The van der Waals surface area contributed by atoms with Gasteiger partial charge in [0.05, 0.1) is 0 Å². The van der Waals surface area contributed by atoms with E-state index in [2.05, 4.69) is 51.7 Å². The van der Waals surface area contributed by atoms with Crippen molar-refractivity contribution in [1.29, 1.82) is 0 Å². The quantitative estimate of drug-likeness (QED) is 0.424. The first kappa shape index (κ1) is 13.2. The van der Waals surface area contributed by atoms with E-state index in [9.17, 15) is 0 Å². The summed E-state index contributed by atoms with van der Waals surface area (Å²) in [4.78, 5) is 0. The predicted octanol–water partition coefficient (Wildman–Crippen LogP) is 4.79. The van der Waals surface area contributed by atoms with Crippen LogP contribution >= 0.6 is 22.9 Å². The molecule has 2 heteroatoms. The van der Waals surface area contributed by atoms with Gasteiger partial charge in [-0.3, -0.25) is 3.53 Å².